The zero-order valence-electron chi connectivity index (χ0n) is 11.5. The second-order valence-corrected chi connectivity index (χ2v) is 4.13. The van der Waals surface area contributed by atoms with Crippen LogP contribution in [-0.4, -0.2) is 45.5 Å². The Balaban J connectivity index is 2.32. The first-order chi connectivity index (χ1) is 9.90. The molecule has 0 aliphatic heterocycles. The summed E-state index contributed by atoms with van der Waals surface area (Å²) in [6.07, 6.45) is -4.33. The van der Waals surface area contributed by atoms with Crippen molar-refractivity contribution in [1.29, 1.82) is 0 Å². The number of hydrogen-bond acceptors (Lipinski definition) is 4. The van der Waals surface area contributed by atoms with Crippen molar-refractivity contribution in [2.45, 2.75) is 6.18 Å². The minimum atomic E-state index is -4.33. The highest BCUT2D eigenvalue weighted by atomic mass is 19.4. The predicted octanol–water partition coefficient (Wildman–Crippen LogP) is 1.80. The van der Waals surface area contributed by atoms with Crippen LogP contribution in [0.25, 0.3) is 0 Å². The first-order valence-corrected chi connectivity index (χ1v) is 6.20. The number of benzene rings is 1. The van der Waals surface area contributed by atoms with Crippen LogP contribution < -0.4 is 15.4 Å². The number of carbonyl (C=O) groups is 1. The maximum absolute atomic E-state index is 11.9. The van der Waals surface area contributed by atoms with Crippen molar-refractivity contribution < 1.29 is 27.4 Å². The number of amides is 1. The summed E-state index contributed by atoms with van der Waals surface area (Å²) in [4.78, 5) is 11.4. The summed E-state index contributed by atoms with van der Waals surface area (Å²) in [5.74, 6) is 0.0625. The molecular formula is C13H17F3N2O3. The van der Waals surface area contributed by atoms with Crippen molar-refractivity contribution in [2.75, 3.05) is 38.7 Å². The van der Waals surface area contributed by atoms with Gasteiger partial charge in [-0.25, -0.2) is 0 Å². The molecule has 0 bridgehead atoms. The van der Waals surface area contributed by atoms with E-state index in [1.54, 1.807) is 31.4 Å². The summed E-state index contributed by atoms with van der Waals surface area (Å²) in [6, 6.07) is 6.50. The number of halogens is 3. The monoisotopic (exact) mass is 306 g/mol. The highest BCUT2D eigenvalue weighted by molar-refractivity contribution is 5.92. The third-order valence-electron chi connectivity index (χ3n) is 2.31. The molecule has 1 amide bonds. The molecule has 0 unspecified atom stereocenters. The van der Waals surface area contributed by atoms with Gasteiger partial charge in [-0.1, -0.05) is 0 Å². The Labute approximate surface area is 120 Å². The predicted molar refractivity (Wildman–Crippen MR) is 71.4 cm³/mol. The fraction of sp³-hybridized carbons (Fsp3) is 0.462. The van der Waals surface area contributed by atoms with Crippen molar-refractivity contribution in [1.82, 2.24) is 5.32 Å². The van der Waals surface area contributed by atoms with Crippen molar-refractivity contribution in [3.63, 3.8) is 0 Å². The van der Waals surface area contributed by atoms with Gasteiger partial charge in [0.1, 0.15) is 12.4 Å². The van der Waals surface area contributed by atoms with E-state index in [0.29, 0.717) is 24.7 Å². The van der Waals surface area contributed by atoms with Crippen LogP contribution in [0.2, 0.25) is 0 Å². The molecule has 0 spiro atoms. The molecule has 5 nitrogen and oxygen atoms in total. The molecule has 1 aromatic carbocycles. The van der Waals surface area contributed by atoms with Crippen LogP contribution in [0, 0.1) is 0 Å². The van der Waals surface area contributed by atoms with Crippen molar-refractivity contribution in [3.8, 4) is 5.75 Å². The van der Waals surface area contributed by atoms with Gasteiger partial charge in [-0.3, -0.25) is 4.79 Å². The molecule has 118 valence electrons. The molecule has 0 saturated carbocycles. The number of hydrogen-bond donors (Lipinski definition) is 2. The Morgan fingerprint density at radius 2 is 1.86 bits per heavy atom. The molecule has 0 radical (unpaired) electrons. The molecule has 0 fully saturated rings. The minimum absolute atomic E-state index is 0.406. The van der Waals surface area contributed by atoms with Crippen LogP contribution in [0.4, 0.5) is 18.9 Å². The smallest absolute Gasteiger partial charge is 0.401 e. The summed E-state index contributed by atoms with van der Waals surface area (Å²) in [6.45, 7) is -0.745. The molecule has 21 heavy (non-hydrogen) atoms. The molecule has 8 heteroatoms. The van der Waals surface area contributed by atoms with Crippen LogP contribution in [0.15, 0.2) is 24.3 Å². The van der Waals surface area contributed by atoms with Crippen LogP contribution >= 0.6 is 0 Å². The Morgan fingerprint density at radius 1 is 1.19 bits per heavy atom. The second-order valence-electron chi connectivity index (χ2n) is 4.13. The van der Waals surface area contributed by atoms with E-state index in [2.05, 4.69) is 5.32 Å². The highest BCUT2D eigenvalue weighted by Gasteiger charge is 2.26. The maximum Gasteiger partial charge on any atom is 0.401 e. The van der Waals surface area contributed by atoms with Gasteiger partial charge in [0, 0.05) is 12.8 Å². The minimum Gasteiger partial charge on any atom is -0.491 e. The first kappa shape index (κ1) is 17.3. The van der Waals surface area contributed by atoms with Gasteiger partial charge >= 0.3 is 6.18 Å². The van der Waals surface area contributed by atoms with Crippen LogP contribution in [-0.2, 0) is 9.53 Å². The lowest BCUT2D eigenvalue weighted by molar-refractivity contribution is -0.126. The van der Waals surface area contributed by atoms with E-state index in [1.165, 1.54) is 0 Å². The zero-order valence-corrected chi connectivity index (χ0v) is 11.5. The summed E-state index contributed by atoms with van der Waals surface area (Å²) in [7, 11) is 1.56. The summed E-state index contributed by atoms with van der Waals surface area (Å²) in [5, 5.41) is 4.49. The molecule has 0 heterocycles. The summed E-state index contributed by atoms with van der Waals surface area (Å²) >= 11 is 0. The van der Waals surface area contributed by atoms with Crippen molar-refractivity contribution >= 4 is 11.6 Å². The Hall–Kier alpha value is -1.80. The number of ether oxygens (including phenoxy) is 2. The first-order valence-electron chi connectivity index (χ1n) is 6.20. The lowest BCUT2D eigenvalue weighted by Crippen LogP contribution is -2.35. The van der Waals surface area contributed by atoms with Gasteiger partial charge in [0.15, 0.2) is 0 Å². The third-order valence-corrected chi connectivity index (χ3v) is 2.31. The number of carbonyl (C=O) groups excluding carboxylic acids is 1. The van der Waals surface area contributed by atoms with E-state index in [4.69, 9.17) is 9.47 Å². The van der Waals surface area contributed by atoms with Crippen LogP contribution in [0.5, 0.6) is 5.75 Å². The Bertz CT molecular complexity index is 435. The van der Waals surface area contributed by atoms with Gasteiger partial charge in [0.25, 0.3) is 0 Å². The molecule has 2 N–H and O–H groups in total. The van der Waals surface area contributed by atoms with Gasteiger partial charge < -0.3 is 20.1 Å². The average molecular weight is 306 g/mol. The molecule has 0 aliphatic rings. The van der Waals surface area contributed by atoms with Crippen molar-refractivity contribution in [3.05, 3.63) is 24.3 Å². The van der Waals surface area contributed by atoms with Gasteiger partial charge in [-0.15, -0.1) is 0 Å². The zero-order chi connectivity index (χ0) is 15.7. The second kappa shape index (κ2) is 8.48. The largest absolute Gasteiger partial charge is 0.491 e. The van der Waals surface area contributed by atoms with E-state index < -0.39 is 25.2 Å². The topological polar surface area (TPSA) is 59.6 Å². The van der Waals surface area contributed by atoms with Crippen LogP contribution in [0.1, 0.15) is 0 Å². The fourth-order valence-corrected chi connectivity index (χ4v) is 1.40. The molecule has 0 aromatic heterocycles. The SMILES string of the molecule is COCCOc1ccc(NC(=O)CNCC(F)(F)F)cc1. The maximum atomic E-state index is 11.9. The molecule has 1 aromatic rings. The Morgan fingerprint density at radius 3 is 2.43 bits per heavy atom. The highest BCUT2D eigenvalue weighted by Crippen LogP contribution is 2.15. The van der Waals surface area contributed by atoms with Gasteiger partial charge in [-0.2, -0.15) is 13.2 Å². The number of alkyl halides is 3. The molecule has 0 aliphatic carbocycles. The van der Waals surface area contributed by atoms with E-state index in [9.17, 15) is 18.0 Å². The number of anilines is 1. The summed E-state index contributed by atoms with van der Waals surface area (Å²) < 4.78 is 45.8. The van der Waals surface area contributed by atoms with Gasteiger partial charge in [-0.05, 0) is 24.3 Å². The fourth-order valence-electron chi connectivity index (χ4n) is 1.40. The van der Waals surface area contributed by atoms with Gasteiger partial charge in [0.2, 0.25) is 5.91 Å². The number of methoxy groups -OCH3 is 1. The third kappa shape index (κ3) is 8.16. The van der Waals surface area contributed by atoms with Gasteiger partial charge in [0.05, 0.1) is 19.7 Å². The lowest BCUT2D eigenvalue weighted by atomic mass is 10.3. The van der Waals surface area contributed by atoms with Crippen LogP contribution in [0.3, 0.4) is 0 Å². The summed E-state index contributed by atoms with van der Waals surface area (Å²) in [5.41, 5.74) is 0.480. The van der Waals surface area contributed by atoms with Crippen molar-refractivity contribution in [2.24, 2.45) is 0 Å². The molecule has 1 rings (SSSR count). The Kier molecular flexibility index (Phi) is 6.97. The van der Waals surface area contributed by atoms with E-state index >= 15 is 0 Å². The standard InChI is InChI=1S/C13H17F3N2O3/c1-20-6-7-21-11-4-2-10(3-5-11)18-12(19)8-17-9-13(14,15)16/h2-5,17H,6-9H2,1H3,(H,18,19). The van der Waals surface area contributed by atoms with E-state index in [-0.39, 0.29) is 0 Å². The molecule has 0 atom stereocenters. The quantitative estimate of drug-likeness (QED) is 0.719. The number of rotatable bonds is 8. The normalized spacial score (nSPS) is 11.2. The average Bonchev–Trinajstić information content (AvgIpc) is 2.39. The number of nitrogens with one attached hydrogen (secondary N) is 2. The van der Waals surface area contributed by atoms with E-state index in [0.717, 1.165) is 0 Å². The molecular weight excluding hydrogens is 289 g/mol. The molecule has 0 saturated heterocycles. The lowest BCUT2D eigenvalue weighted by Gasteiger charge is -2.10. The van der Waals surface area contributed by atoms with E-state index in [1.807, 2.05) is 5.32 Å².